The van der Waals surface area contributed by atoms with Crippen LogP contribution in [0.1, 0.15) is 46.4 Å². The number of hydrogen-bond donors (Lipinski definition) is 0. The van der Waals surface area contributed by atoms with Crippen LogP contribution in [0, 0.1) is 5.41 Å². The lowest BCUT2D eigenvalue weighted by atomic mass is 9.96. The second kappa shape index (κ2) is 4.57. The summed E-state index contributed by atoms with van der Waals surface area (Å²) in [7, 11) is 1.50. The van der Waals surface area contributed by atoms with E-state index >= 15 is 0 Å². The first-order chi connectivity index (χ1) is 7.52. The largest absolute Gasteiger partial charge is 0.300 e. The molecule has 0 aromatic carbocycles. The minimum Gasteiger partial charge on any atom is -0.300 e. The van der Waals surface area contributed by atoms with Gasteiger partial charge in [-0.25, -0.2) is 8.42 Å². The summed E-state index contributed by atoms with van der Waals surface area (Å²) in [5, 5.41) is 7.43. The van der Waals surface area contributed by atoms with Crippen molar-refractivity contribution in [2.45, 2.75) is 52.2 Å². The van der Waals surface area contributed by atoms with Crippen LogP contribution >= 0.6 is 10.7 Å². The SMILES string of the molecule is CC(C)c1nnc(S(=O)(=O)Cl)n1CC(C)(C)C. The van der Waals surface area contributed by atoms with Gasteiger partial charge in [0, 0.05) is 23.1 Å². The van der Waals surface area contributed by atoms with Gasteiger partial charge in [-0.2, -0.15) is 0 Å². The highest BCUT2D eigenvalue weighted by molar-refractivity contribution is 8.13. The van der Waals surface area contributed by atoms with Crippen LogP contribution in [0.5, 0.6) is 0 Å². The Morgan fingerprint density at radius 3 is 2.18 bits per heavy atom. The Morgan fingerprint density at radius 1 is 1.29 bits per heavy atom. The van der Waals surface area contributed by atoms with Crippen LogP contribution in [0.3, 0.4) is 0 Å². The zero-order valence-corrected chi connectivity index (χ0v) is 12.3. The normalized spacial score (nSPS) is 13.4. The summed E-state index contributed by atoms with van der Waals surface area (Å²) in [5.74, 6) is 0.733. The minimum atomic E-state index is -3.86. The molecule has 1 aromatic rings. The van der Waals surface area contributed by atoms with Gasteiger partial charge in [0.1, 0.15) is 5.82 Å². The summed E-state index contributed by atoms with van der Waals surface area (Å²) in [6.45, 7) is 10.4. The maximum absolute atomic E-state index is 11.4. The molecule has 0 saturated heterocycles. The zero-order valence-electron chi connectivity index (χ0n) is 10.7. The van der Waals surface area contributed by atoms with Crippen LogP contribution in [-0.4, -0.2) is 23.2 Å². The van der Waals surface area contributed by atoms with E-state index in [2.05, 4.69) is 10.2 Å². The van der Waals surface area contributed by atoms with Crippen molar-refractivity contribution in [2.24, 2.45) is 5.41 Å². The van der Waals surface area contributed by atoms with Gasteiger partial charge >= 0.3 is 0 Å². The zero-order chi connectivity index (χ0) is 13.4. The van der Waals surface area contributed by atoms with Crippen molar-refractivity contribution in [3.05, 3.63) is 5.82 Å². The van der Waals surface area contributed by atoms with Crippen molar-refractivity contribution in [1.29, 1.82) is 0 Å². The maximum atomic E-state index is 11.4. The fraction of sp³-hybridized carbons (Fsp3) is 0.800. The molecule has 0 N–H and O–H groups in total. The van der Waals surface area contributed by atoms with E-state index in [-0.39, 0.29) is 16.5 Å². The molecule has 5 nitrogen and oxygen atoms in total. The smallest absolute Gasteiger partial charge is 0.296 e. The Balaban J connectivity index is 3.35. The first-order valence-electron chi connectivity index (χ1n) is 5.40. The molecule has 0 aliphatic rings. The standard InChI is InChI=1S/C10H18ClN3O2S/c1-7(2)8-12-13-9(17(11,15)16)14(8)6-10(3,4)5/h7H,6H2,1-5H3. The molecule has 0 amide bonds. The van der Waals surface area contributed by atoms with Crippen molar-refractivity contribution in [1.82, 2.24) is 14.8 Å². The number of halogens is 1. The van der Waals surface area contributed by atoms with Gasteiger partial charge in [-0.15, -0.1) is 10.2 Å². The van der Waals surface area contributed by atoms with E-state index in [0.717, 1.165) is 0 Å². The van der Waals surface area contributed by atoms with E-state index in [1.54, 1.807) is 4.57 Å². The topological polar surface area (TPSA) is 64.8 Å². The van der Waals surface area contributed by atoms with Gasteiger partial charge in [0.2, 0.25) is 0 Å². The van der Waals surface area contributed by atoms with Crippen LogP contribution in [0.15, 0.2) is 5.16 Å². The van der Waals surface area contributed by atoms with E-state index in [1.165, 1.54) is 0 Å². The number of nitrogens with zero attached hydrogens (tertiary/aromatic N) is 3. The quantitative estimate of drug-likeness (QED) is 0.797. The number of rotatable bonds is 3. The van der Waals surface area contributed by atoms with Crippen LogP contribution in [0.2, 0.25) is 0 Å². The number of aromatic nitrogens is 3. The van der Waals surface area contributed by atoms with Gasteiger partial charge in [0.15, 0.2) is 0 Å². The van der Waals surface area contributed by atoms with Crippen molar-refractivity contribution in [2.75, 3.05) is 0 Å². The van der Waals surface area contributed by atoms with Crippen molar-refractivity contribution in [3.8, 4) is 0 Å². The molecular formula is C10H18ClN3O2S. The van der Waals surface area contributed by atoms with Gasteiger partial charge in [-0.05, 0) is 5.41 Å². The molecular weight excluding hydrogens is 262 g/mol. The Bertz CT molecular complexity index is 500. The summed E-state index contributed by atoms with van der Waals surface area (Å²) in [4.78, 5) is 0. The van der Waals surface area contributed by atoms with Crippen LogP contribution < -0.4 is 0 Å². The molecule has 1 rings (SSSR count). The summed E-state index contributed by atoms with van der Waals surface area (Å²) in [5.41, 5.74) is -0.0810. The monoisotopic (exact) mass is 279 g/mol. The van der Waals surface area contributed by atoms with Crippen molar-refractivity contribution >= 4 is 19.7 Å². The third-order valence-corrected chi connectivity index (χ3v) is 3.26. The van der Waals surface area contributed by atoms with Gasteiger partial charge in [0.05, 0.1) is 0 Å². The average molecular weight is 280 g/mol. The van der Waals surface area contributed by atoms with E-state index in [4.69, 9.17) is 10.7 Å². The molecule has 0 spiro atoms. The number of hydrogen-bond acceptors (Lipinski definition) is 4. The summed E-state index contributed by atoms with van der Waals surface area (Å²) in [6, 6.07) is 0. The van der Waals surface area contributed by atoms with E-state index < -0.39 is 9.05 Å². The fourth-order valence-electron chi connectivity index (χ4n) is 1.53. The first kappa shape index (κ1) is 14.4. The molecule has 0 atom stereocenters. The average Bonchev–Trinajstić information content (AvgIpc) is 2.43. The first-order valence-corrected chi connectivity index (χ1v) is 7.71. The molecule has 0 saturated carbocycles. The van der Waals surface area contributed by atoms with E-state index in [1.807, 2.05) is 34.6 Å². The van der Waals surface area contributed by atoms with E-state index in [0.29, 0.717) is 12.4 Å². The molecule has 7 heteroatoms. The van der Waals surface area contributed by atoms with Gasteiger partial charge in [-0.3, -0.25) is 0 Å². The second-order valence-corrected chi connectivity index (χ2v) is 8.04. The van der Waals surface area contributed by atoms with Crippen molar-refractivity contribution in [3.63, 3.8) is 0 Å². The highest BCUT2D eigenvalue weighted by atomic mass is 35.7. The third kappa shape index (κ3) is 3.67. The fourth-order valence-corrected chi connectivity index (χ4v) is 2.43. The minimum absolute atomic E-state index is 0.0810. The predicted molar refractivity (Wildman–Crippen MR) is 66.6 cm³/mol. The van der Waals surface area contributed by atoms with Crippen LogP contribution in [0.4, 0.5) is 0 Å². The predicted octanol–water partition coefficient (Wildman–Crippen LogP) is 2.38. The van der Waals surface area contributed by atoms with E-state index in [9.17, 15) is 8.42 Å². The Kier molecular flexibility index (Phi) is 3.88. The Hall–Kier alpha value is -0.620. The van der Waals surface area contributed by atoms with Gasteiger partial charge in [-0.1, -0.05) is 34.6 Å². The third-order valence-electron chi connectivity index (χ3n) is 2.11. The molecule has 0 bridgehead atoms. The molecule has 98 valence electrons. The summed E-state index contributed by atoms with van der Waals surface area (Å²) < 4.78 is 24.4. The lowest BCUT2D eigenvalue weighted by molar-refractivity contribution is 0.321. The Labute approximate surface area is 107 Å². The van der Waals surface area contributed by atoms with Gasteiger partial charge in [0.25, 0.3) is 14.2 Å². The van der Waals surface area contributed by atoms with Crippen molar-refractivity contribution < 1.29 is 8.42 Å². The molecule has 0 radical (unpaired) electrons. The lowest BCUT2D eigenvalue weighted by Crippen LogP contribution is -2.20. The van der Waals surface area contributed by atoms with Crippen LogP contribution in [-0.2, 0) is 15.6 Å². The summed E-state index contributed by atoms with van der Waals surface area (Å²) >= 11 is 0. The van der Waals surface area contributed by atoms with Gasteiger partial charge < -0.3 is 4.57 Å². The maximum Gasteiger partial charge on any atom is 0.296 e. The molecule has 0 fully saturated rings. The molecule has 0 aliphatic heterocycles. The lowest BCUT2D eigenvalue weighted by Gasteiger charge is -2.21. The molecule has 0 aliphatic carbocycles. The Morgan fingerprint density at radius 2 is 1.82 bits per heavy atom. The van der Waals surface area contributed by atoms with Crippen LogP contribution in [0.25, 0.3) is 0 Å². The highest BCUT2D eigenvalue weighted by Crippen LogP contribution is 2.24. The molecule has 0 unspecified atom stereocenters. The highest BCUT2D eigenvalue weighted by Gasteiger charge is 2.26. The molecule has 1 heterocycles. The molecule has 17 heavy (non-hydrogen) atoms. The second-order valence-electron chi connectivity index (χ2n) is 5.58. The summed E-state index contributed by atoms with van der Waals surface area (Å²) in [6.07, 6.45) is 0. The molecule has 1 aromatic heterocycles.